The number of hydrogen-bond acceptors (Lipinski definition) is 2. The predicted octanol–water partition coefficient (Wildman–Crippen LogP) is 12.9. The zero-order chi connectivity index (χ0) is 33.3. The van der Waals surface area contributed by atoms with Crippen LogP contribution in [0.15, 0.2) is 206 Å². The van der Waals surface area contributed by atoms with Crippen LogP contribution >= 0.6 is 0 Å². The van der Waals surface area contributed by atoms with Gasteiger partial charge in [-0.2, -0.15) is 0 Å². The Kier molecular flexibility index (Phi) is 7.68. The van der Waals surface area contributed by atoms with Gasteiger partial charge in [0.15, 0.2) is 0 Å². The van der Waals surface area contributed by atoms with Crippen LogP contribution in [0.5, 0.6) is 0 Å². The minimum Gasteiger partial charge on any atom is -0.333 e. The minimum absolute atomic E-state index is 0.283. The maximum absolute atomic E-state index is 2.48. The lowest BCUT2D eigenvalue weighted by Crippen LogP contribution is -2.28. The van der Waals surface area contributed by atoms with Gasteiger partial charge in [-0.25, -0.2) is 0 Å². The first-order chi connectivity index (χ1) is 24.8. The van der Waals surface area contributed by atoms with Crippen molar-refractivity contribution in [2.24, 2.45) is 0 Å². The van der Waals surface area contributed by atoms with Crippen molar-refractivity contribution in [1.29, 1.82) is 0 Å². The van der Waals surface area contributed by atoms with Crippen molar-refractivity contribution in [1.82, 2.24) is 0 Å². The summed E-state index contributed by atoms with van der Waals surface area (Å²) in [6, 6.07) is 65.9. The lowest BCUT2D eigenvalue weighted by molar-refractivity contribution is 0.745. The average Bonchev–Trinajstić information content (AvgIpc) is 3.53. The van der Waals surface area contributed by atoms with E-state index in [9.17, 15) is 0 Å². The smallest absolute Gasteiger partial charge is 0.0629 e. The van der Waals surface area contributed by atoms with Gasteiger partial charge in [0.25, 0.3) is 0 Å². The van der Waals surface area contributed by atoms with Crippen LogP contribution in [-0.4, -0.2) is 6.04 Å². The normalized spacial score (nSPS) is 15.8. The van der Waals surface area contributed by atoms with Gasteiger partial charge < -0.3 is 9.80 Å². The van der Waals surface area contributed by atoms with Gasteiger partial charge in [-0.3, -0.25) is 0 Å². The highest BCUT2D eigenvalue weighted by atomic mass is 15.2. The molecule has 0 aromatic heterocycles. The van der Waals surface area contributed by atoms with Crippen LogP contribution in [-0.2, 0) is 0 Å². The van der Waals surface area contributed by atoms with Crippen LogP contribution in [0.25, 0.3) is 33.4 Å². The van der Waals surface area contributed by atoms with Crippen LogP contribution in [0.2, 0.25) is 0 Å². The minimum atomic E-state index is 0.283. The molecule has 0 radical (unpaired) electrons. The largest absolute Gasteiger partial charge is 0.333 e. The molecule has 7 aromatic rings. The summed E-state index contributed by atoms with van der Waals surface area (Å²) in [6.45, 7) is 0. The molecule has 2 nitrogen and oxygen atoms in total. The molecule has 2 aliphatic rings. The van der Waals surface area contributed by atoms with E-state index in [0.29, 0.717) is 5.92 Å². The summed E-state index contributed by atoms with van der Waals surface area (Å²) in [5, 5.41) is 0. The van der Waals surface area contributed by atoms with E-state index in [1.807, 2.05) is 0 Å². The molecule has 1 heterocycles. The van der Waals surface area contributed by atoms with E-state index >= 15 is 0 Å². The van der Waals surface area contributed by atoms with E-state index in [1.54, 1.807) is 0 Å². The molecular weight excluding hydrogens is 605 g/mol. The van der Waals surface area contributed by atoms with Crippen LogP contribution in [0.1, 0.15) is 11.5 Å². The Morgan fingerprint density at radius 1 is 0.380 bits per heavy atom. The van der Waals surface area contributed by atoms with Gasteiger partial charge in [-0.05, 0) is 99.6 Å². The summed E-state index contributed by atoms with van der Waals surface area (Å²) in [4.78, 5) is 4.83. The third-order valence-corrected chi connectivity index (χ3v) is 10.0. The van der Waals surface area contributed by atoms with Gasteiger partial charge >= 0.3 is 0 Å². The summed E-state index contributed by atoms with van der Waals surface area (Å²) in [7, 11) is 0. The lowest BCUT2D eigenvalue weighted by atomic mass is 9.89. The van der Waals surface area contributed by atoms with E-state index in [0.717, 1.165) is 17.1 Å². The number of fused-ring (bicyclic) bond motifs is 3. The molecule has 2 heteroatoms. The summed E-state index contributed by atoms with van der Waals surface area (Å²) < 4.78 is 0. The Hall–Kier alpha value is -6.38. The second-order valence-electron chi connectivity index (χ2n) is 13.0. The van der Waals surface area contributed by atoms with Gasteiger partial charge in [0.05, 0.1) is 6.04 Å². The third kappa shape index (κ3) is 5.51. The highest BCUT2D eigenvalue weighted by Gasteiger charge is 2.37. The number of benzene rings is 7. The molecule has 238 valence electrons. The molecule has 0 saturated carbocycles. The zero-order valence-corrected chi connectivity index (χ0v) is 27.7. The molecule has 0 amide bonds. The zero-order valence-electron chi connectivity index (χ0n) is 27.7. The summed E-state index contributed by atoms with van der Waals surface area (Å²) in [5.41, 5.74) is 14.5. The molecule has 2 atom stereocenters. The van der Waals surface area contributed by atoms with E-state index in [4.69, 9.17) is 0 Å². The summed E-state index contributed by atoms with van der Waals surface area (Å²) in [5.74, 6) is 0.322. The van der Waals surface area contributed by atoms with Crippen molar-refractivity contribution < 1.29 is 0 Å². The van der Waals surface area contributed by atoms with Crippen molar-refractivity contribution in [2.75, 3.05) is 9.80 Å². The first-order valence-corrected chi connectivity index (χ1v) is 17.3. The summed E-state index contributed by atoms with van der Waals surface area (Å²) >= 11 is 0. The monoisotopic (exact) mass is 640 g/mol. The Morgan fingerprint density at radius 2 is 0.800 bits per heavy atom. The van der Waals surface area contributed by atoms with Crippen LogP contribution in [0.4, 0.5) is 28.4 Å². The van der Waals surface area contributed by atoms with Gasteiger partial charge in [-0.15, -0.1) is 0 Å². The number of rotatable bonds is 7. The molecule has 2 unspecified atom stereocenters. The van der Waals surface area contributed by atoms with Crippen molar-refractivity contribution in [2.45, 2.75) is 12.0 Å². The maximum Gasteiger partial charge on any atom is 0.0629 e. The molecule has 1 aliphatic heterocycles. The molecule has 1 aliphatic carbocycles. The fraction of sp³-hybridized carbons (Fsp3) is 0.0417. The molecule has 0 fully saturated rings. The predicted molar refractivity (Wildman–Crippen MR) is 211 cm³/mol. The molecule has 0 bridgehead atoms. The molecule has 0 saturated heterocycles. The number of nitrogens with zero attached hydrogens (tertiary/aromatic N) is 2. The first-order valence-electron chi connectivity index (χ1n) is 17.3. The third-order valence-electron chi connectivity index (χ3n) is 10.0. The number of anilines is 5. The van der Waals surface area contributed by atoms with Crippen molar-refractivity contribution in [3.8, 4) is 33.4 Å². The van der Waals surface area contributed by atoms with Gasteiger partial charge in [0.2, 0.25) is 0 Å². The highest BCUT2D eigenvalue weighted by Crippen LogP contribution is 2.49. The Balaban J connectivity index is 1.07. The van der Waals surface area contributed by atoms with Crippen molar-refractivity contribution >= 4 is 28.4 Å². The Morgan fingerprint density at radius 3 is 1.32 bits per heavy atom. The summed E-state index contributed by atoms with van der Waals surface area (Å²) in [6.07, 6.45) is 9.05. The second kappa shape index (κ2) is 12.9. The second-order valence-corrected chi connectivity index (χ2v) is 13.0. The number of allylic oxidation sites excluding steroid dienone is 2. The van der Waals surface area contributed by atoms with Crippen molar-refractivity contribution in [3.63, 3.8) is 0 Å². The van der Waals surface area contributed by atoms with Crippen LogP contribution < -0.4 is 9.80 Å². The Labute approximate surface area is 294 Å². The number of para-hydroxylation sites is 1. The lowest BCUT2D eigenvalue weighted by Gasteiger charge is -2.28. The van der Waals surface area contributed by atoms with E-state index in [2.05, 4.69) is 216 Å². The van der Waals surface area contributed by atoms with E-state index in [-0.39, 0.29) is 6.04 Å². The molecule has 9 rings (SSSR count). The van der Waals surface area contributed by atoms with Crippen molar-refractivity contribution in [3.05, 3.63) is 212 Å². The quantitative estimate of drug-likeness (QED) is 0.171. The Bertz CT molecular complexity index is 2210. The van der Waals surface area contributed by atoms with Crippen LogP contribution in [0, 0.1) is 0 Å². The van der Waals surface area contributed by atoms with Crippen LogP contribution in [0.3, 0.4) is 0 Å². The molecular formula is C48H36N2. The average molecular weight is 641 g/mol. The van der Waals surface area contributed by atoms with E-state index in [1.165, 1.54) is 50.3 Å². The first kappa shape index (κ1) is 29.7. The number of hydrogen-bond donors (Lipinski definition) is 0. The molecule has 7 aromatic carbocycles. The maximum atomic E-state index is 2.48. The van der Waals surface area contributed by atoms with E-state index < -0.39 is 0 Å². The molecule has 0 spiro atoms. The standard InChI is InChI=1S/C48H36N2/c1-4-12-35(13-5-1)37-20-27-42(28-21-37)49(43-29-22-38(23-30-43)36-14-6-2-7-15-36)44-31-24-39(25-32-44)40-26-33-48-46(34-40)45-18-10-11-19-47(45)50(48)41-16-8-3-9-17-41/h1-34,45,47H. The highest BCUT2D eigenvalue weighted by molar-refractivity contribution is 5.83. The van der Waals surface area contributed by atoms with Gasteiger partial charge in [-0.1, -0.05) is 146 Å². The SMILES string of the molecule is C1=CC2c3cc(-c4ccc(N(c5ccc(-c6ccccc6)cc5)c5ccc(-c6ccccc6)cc5)cc4)ccc3N(c3ccccc3)C2C=C1. The fourth-order valence-corrected chi connectivity index (χ4v) is 7.53. The topological polar surface area (TPSA) is 6.48 Å². The van der Waals surface area contributed by atoms with Gasteiger partial charge in [0.1, 0.15) is 0 Å². The van der Waals surface area contributed by atoms with Gasteiger partial charge in [0, 0.05) is 34.4 Å². The fourth-order valence-electron chi connectivity index (χ4n) is 7.53. The molecule has 0 N–H and O–H groups in total. The molecule has 50 heavy (non-hydrogen) atoms.